The number of aryl methyl sites for hydroxylation is 1. The molecule has 0 bridgehead atoms. The molecule has 0 spiro atoms. The summed E-state index contributed by atoms with van der Waals surface area (Å²) in [5, 5.41) is 3.14. The van der Waals surface area contributed by atoms with Gasteiger partial charge in [-0.3, -0.25) is 0 Å². The summed E-state index contributed by atoms with van der Waals surface area (Å²) in [5.74, 6) is 0.378. The number of hydrogen-bond acceptors (Lipinski definition) is 2. The predicted molar refractivity (Wildman–Crippen MR) is 79.9 cm³/mol. The predicted octanol–water partition coefficient (Wildman–Crippen LogP) is 3.88. The quantitative estimate of drug-likeness (QED) is 0.896. The Morgan fingerprint density at radius 1 is 1.25 bits per heavy atom. The molecule has 3 nitrogen and oxygen atoms in total. The highest BCUT2D eigenvalue weighted by atomic mass is 19.1. The molecule has 1 aromatic carbocycles. The molecular weight excluding hydrogens is 255 g/mol. The van der Waals surface area contributed by atoms with Gasteiger partial charge in [0.1, 0.15) is 11.6 Å². The summed E-state index contributed by atoms with van der Waals surface area (Å²) in [6, 6.07) is 6.85. The normalized spacial score (nSPS) is 10.7. The third-order valence-electron chi connectivity index (χ3n) is 3.64. The van der Waals surface area contributed by atoms with Gasteiger partial charge in [0.05, 0.1) is 12.8 Å². The third-order valence-corrected chi connectivity index (χ3v) is 3.64. The molecule has 1 aromatic heterocycles. The summed E-state index contributed by atoms with van der Waals surface area (Å²) in [4.78, 5) is 0. The van der Waals surface area contributed by atoms with Crippen molar-refractivity contribution in [1.29, 1.82) is 0 Å². The lowest BCUT2D eigenvalue weighted by molar-refractivity contribution is 0.414. The van der Waals surface area contributed by atoms with E-state index < -0.39 is 0 Å². The van der Waals surface area contributed by atoms with Gasteiger partial charge in [0.25, 0.3) is 0 Å². The first kappa shape index (κ1) is 14.4. The monoisotopic (exact) mass is 276 g/mol. The lowest BCUT2D eigenvalue weighted by atomic mass is 10.2. The van der Waals surface area contributed by atoms with E-state index in [2.05, 4.69) is 36.7 Å². The van der Waals surface area contributed by atoms with Crippen LogP contribution >= 0.6 is 0 Å². The molecule has 1 N–H and O–H groups in total. The van der Waals surface area contributed by atoms with Gasteiger partial charge in [-0.25, -0.2) is 4.39 Å². The van der Waals surface area contributed by atoms with Gasteiger partial charge in [0.2, 0.25) is 0 Å². The van der Waals surface area contributed by atoms with E-state index in [1.54, 1.807) is 19.2 Å². The molecule has 0 saturated heterocycles. The maximum absolute atomic E-state index is 13.7. The van der Waals surface area contributed by atoms with Crippen molar-refractivity contribution in [2.24, 2.45) is 0 Å². The van der Waals surface area contributed by atoms with Crippen LogP contribution in [0.25, 0.3) is 0 Å². The molecule has 4 heteroatoms. The highest BCUT2D eigenvalue weighted by Crippen LogP contribution is 2.23. The van der Waals surface area contributed by atoms with Gasteiger partial charge in [0, 0.05) is 30.5 Å². The van der Waals surface area contributed by atoms with E-state index >= 15 is 0 Å². The molecule has 108 valence electrons. The van der Waals surface area contributed by atoms with Gasteiger partial charge in [-0.15, -0.1) is 0 Å². The van der Waals surface area contributed by atoms with Crippen molar-refractivity contribution in [2.45, 2.75) is 33.9 Å². The molecule has 0 atom stereocenters. The van der Waals surface area contributed by atoms with Crippen molar-refractivity contribution in [1.82, 2.24) is 4.57 Å². The second kappa shape index (κ2) is 5.99. The van der Waals surface area contributed by atoms with E-state index in [0.29, 0.717) is 18.0 Å². The van der Waals surface area contributed by atoms with Gasteiger partial charge in [-0.2, -0.15) is 0 Å². The molecule has 20 heavy (non-hydrogen) atoms. The summed E-state index contributed by atoms with van der Waals surface area (Å²) < 4.78 is 21.1. The van der Waals surface area contributed by atoms with E-state index in [9.17, 15) is 4.39 Å². The van der Waals surface area contributed by atoms with Gasteiger partial charge in [-0.1, -0.05) is 0 Å². The zero-order valence-electron chi connectivity index (χ0n) is 12.5. The van der Waals surface area contributed by atoms with Crippen LogP contribution in [-0.2, 0) is 13.1 Å². The number of methoxy groups -OCH3 is 1. The van der Waals surface area contributed by atoms with Crippen molar-refractivity contribution in [2.75, 3.05) is 12.4 Å². The molecule has 0 unspecified atom stereocenters. The third kappa shape index (κ3) is 2.79. The highest BCUT2D eigenvalue weighted by molar-refractivity contribution is 5.50. The van der Waals surface area contributed by atoms with Crippen LogP contribution in [-0.4, -0.2) is 11.7 Å². The van der Waals surface area contributed by atoms with Crippen molar-refractivity contribution in [3.63, 3.8) is 0 Å². The summed E-state index contributed by atoms with van der Waals surface area (Å²) >= 11 is 0. The van der Waals surface area contributed by atoms with E-state index in [0.717, 1.165) is 6.54 Å². The van der Waals surface area contributed by atoms with Crippen LogP contribution in [0.1, 0.15) is 23.9 Å². The SMILES string of the molecule is CCn1c(C)cc(CNc2cc(OC)ccc2F)c1C. The number of ether oxygens (including phenoxy) is 1. The van der Waals surface area contributed by atoms with Crippen LogP contribution in [0.2, 0.25) is 0 Å². The van der Waals surface area contributed by atoms with Gasteiger partial charge >= 0.3 is 0 Å². The van der Waals surface area contributed by atoms with Crippen molar-refractivity contribution in [3.8, 4) is 5.75 Å². The Morgan fingerprint density at radius 2 is 2.00 bits per heavy atom. The molecule has 2 aromatic rings. The Bertz CT molecular complexity index is 605. The topological polar surface area (TPSA) is 26.2 Å². The molecule has 0 aliphatic rings. The molecular formula is C16H21FN2O. The number of anilines is 1. The Morgan fingerprint density at radius 3 is 2.60 bits per heavy atom. The van der Waals surface area contributed by atoms with E-state index in [4.69, 9.17) is 4.74 Å². The zero-order valence-corrected chi connectivity index (χ0v) is 12.5. The van der Waals surface area contributed by atoms with Gasteiger partial charge in [-0.05, 0) is 44.5 Å². The first-order valence-electron chi connectivity index (χ1n) is 6.79. The van der Waals surface area contributed by atoms with Gasteiger partial charge < -0.3 is 14.6 Å². The molecule has 0 saturated carbocycles. The summed E-state index contributed by atoms with van der Waals surface area (Å²) in [5.41, 5.74) is 4.10. The summed E-state index contributed by atoms with van der Waals surface area (Å²) in [6.07, 6.45) is 0. The molecule has 0 amide bonds. The summed E-state index contributed by atoms with van der Waals surface area (Å²) in [6.45, 7) is 7.86. The zero-order chi connectivity index (χ0) is 14.7. The Hall–Kier alpha value is -1.97. The highest BCUT2D eigenvalue weighted by Gasteiger charge is 2.09. The first-order valence-corrected chi connectivity index (χ1v) is 6.79. The van der Waals surface area contributed by atoms with Crippen molar-refractivity contribution < 1.29 is 9.13 Å². The Labute approximate surface area is 119 Å². The molecule has 0 radical (unpaired) electrons. The lowest BCUT2D eigenvalue weighted by Gasteiger charge is -2.10. The average molecular weight is 276 g/mol. The number of hydrogen-bond donors (Lipinski definition) is 1. The largest absolute Gasteiger partial charge is 0.497 e. The van der Waals surface area contributed by atoms with Crippen LogP contribution in [0.5, 0.6) is 5.75 Å². The fourth-order valence-corrected chi connectivity index (χ4v) is 2.50. The van der Waals surface area contributed by atoms with Crippen LogP contribution in [0.4, 0.5) is 10.1 Å². The first-order chi connectivity index (χ1) is 9.56. The maximum Gasteiger partial charge on any atom is 0.146 e. The molecule has 0 aliphatic heterocycles. The van der Waals surface area contributed by atoms with Crippen LogP contribution < -0.4 is 10.1 Å². The minimum absolute atomic E-state index is 0.268. The fraction of sp³-hybridized carbons (Fsp3) is 0.375. The maximum atomic E-state index is 13.7. The molecule has 0 aliphatic carbocycles. The van der Waals surface area contributed by atoms with E-state index in [-0.39, 0.29) is 5.82 Å². The number of benzene rings is 1. The number of aromatic nitrogens is 1. The molecule has 2 rings (SSSR count). The molecule has 0 fully saturated rings. The second-order valence-electron chi connectivity index (χ2n) is 4.84. The average Bonchev–Trinajstić information content (AvgIpc) is 2.72. The minimum Gasteiger partial charge on any atom is -0.497 e. The van der Waals surface area contributed by atoms with Gasteiger partial charge in [0.15, 0.2) is 0 Å². The second-order valence-corrected chi connectivity index (χ2v) is 4.84. The fourth-order valence-electron chi connectivity index (χ4n) is 2.50. The van der Waals surface area contributed by atoms with Crippen LogP contribution in [0.15, 0.2) is 24.3 Å². The van der Waals surface area contributed by atoms with E-state index in [1.807, 2.05) is 0 Å². The number of rotatable bonds is 5. The van der Waals surface area contributed by atoms with Crippen LogP contribution in [0.3, 0.4) is 0 Å². The van der Waals surface area contributed by atoms with Crippen molar-refractivity contribution >= 4 is 5.69 Å². The number of halogens is 1. The number of nitrogens with zero attached hydrogens (tertiary/aromatic N) is 1. The van der Waals surface area contributed by atoms with Crippen LogP contribution in [0, 0.1) is 19.7 Å². The standard InChI is InChI=1S/C16H21FN2O/c1-5-19-11(2)8-13(12(19)3)10-18-16-9-14(20-4)6-7-15(16)17/h6-9,18H,5,10H2,1-4H3. The Balaban J connectivity index is 2.16. The van der Waals surface area contributed by atoms with E-state index in [1.165, 1.54) is 23.0 Å². The lowest BCUT2D eigenvalue weighted by Crippen LogP contribution is -2.04. The minimum atomic E-state index is -0.268. The smallest absolute Gasteiger partial charge is 0.146 e. The molecule has 1 heterocycles. The number of nitrogens with one attached hydrogen (secondary N) is 1. The Kier molecular flexibility index (Phi) is 4.32. The summed E-state index contributed by atoms with van der Waals surface area (Å²) in [7, 11) is 1.58. The van der Waals surface area contributed by atoms with Crippen molar-refractivity contribution in [3.05, 3.63) is 47.0 Å².